The summed E-state index contributed by atoms with van der Waals surface area (Å²) in [7, 11) is 4.34. The monoisotopic (exact) mass is 276 g/mol. The summed E-state index contributed by atoms with van der Waals surface area (Å²) in [5, 5.41) is 3.42. The number of pyridine rings is 1. The molecule has 0 amide bonds. The summed E-state index contributed by atoms with van der Waals surface area (Å²) in [6.07, 6.45) is 1.27. The molecular weight excluding hydrogens is 248 g/mol. The summed E-state index contributed by atoms with van der Waals surface area (Å²) in [6, 6.07) is 7.56. The van der Waals surface area contributed by atoms with Gasteiger partial charge in [0.2, 0.25) is 0 Å². The van der Waals surface area contributed by atoms with Crippen molar-refractivity contribution in [3.05, 3.63) is 29.6 Å². The van der Waals surface area contributed by atoms with E-state index >= 15 is 0 Å². The largest absolute Gasteiger partial charge is 0.309 e. The topological polar surface area (TPSA) is 31.4 Å². The van der Waals surface area contributed by atoms with Crippen LogP contribution < -0.4 is 5.32 Å². The molecule has 112 valence electrons. The molecule has 20 heavy (non-hydrogen) atoms. The van der Waals surface area contributed by atoms with Crippen molar-refractivity contribution >= 4 is 0 Å². The summed E-state index contributed by atoms with van der Waals surface area (Å²) in [6.45, 7) is 8.48. The van der Waals surface area contributed by atoms with Crippen LogP contribution in [0.5, 0.6) is 0 Å². The Labute approximate surface area is 123 Å². The van der Waals surface area contributed by atoms with Crippen molar-refractivity contribution < 1.29 is 0 Å². The highest BCUT2D eigenvalue weighted by molar-refractivity contribution is 5.11. The summed E-state index contributed by atoms with van der Waals surface area (Å²) in [5.74, 6) is 0. The van der Waals surface area contributed by atoms with Gasteiger partial charge in [-0.15, -0.1) is 0 Å². The molecular formula is C16H28N4. The van der Waals surface area contributed by atoms with Gasteiger partial charge in [0.1, 0.15) is 0 Å². The molecule has 4 heteroatoms. The van der Waals surface area contributed by atoms with Crippen molar-refractivity contribution in [3.8, 4) is 0 Å². The van der Waals surface area contributed by atoms with Crippen LogP contribution in [0.15, 0.2) is 18.2 Å². The normalized spacial score (nSPS) is 20.2. The van der Waals surface area contributed by atoms with Gasteiger partial charge in [0.25, 0.3) is 0 Å². The molecule has 0 saturated carbocycles. The third-order valence-electron chi connectivity index (χ3n) is 3.92. The Balaban J connectivity index is 1.88. The number of rotatable bonds is 6. The maximum absolute atomic E-state index is 4.76. The van der Waals surface area contributed by atoms with E-state index in [1.807, 2.05) is 0 Å². The van der Waals surface area contributed by atoms with Gasteiger partial charge in [-0.2, -0.15) is 0 Å². The van der Waals surface area contributed by atoms with Gasteiger partial charge in [0.15, 0.2) is 0 Å². The zero-order chi connectivity index (χ0) is 14.5. The van der Waals surface area contributed by atoms with Crippen LogP contribution in [0.25, 0.3) is 0 Å². The molecule has 0 spiro atoms. The number of nitrogens with zero attached hydrogens (tertiary/aromatic N) is 3. The van der Waals surface area contributed by atoms with Crippen molar-refractivity contribution in [1.82, 2.24) is 20.1 Å². The molecule has 1 aliphatic heterocycles. The average Bonchev–Trinajstić information content (AvgIpc) is 2.85. The SMILES string of the molecule is CC(C)NCc1cccc(CN2CCC(N(C)C)C2)n1. The lowest BCUT2D eigenvalue weighted by atomic mass is 10.2. The number of hydrogen-bond acceptors (Lipinski definition) is 4. The minimum Gasteiger partial charge on any atom is -0.309 e. The fourth-order valence-corrected chi connectivity index (χ4v) is 2.63. The fourth-order valence-electron chi connectivity index (χ4n) is 2.63. The fraction of sp³-hybridized carbons (Fsp3) is 0.688. The molecule has 2 heterocycles. The summed E-state index contributed by atoms with van der Waals surface area (Å²) in [5.41, 5.74) is 2.33. The Bertz CT molecular complexity index is 417. The second-order valence-corrected chi connectivity index (χ2v) is 6.30. The van der Waals surface area contributed by atoms with E-state index in [9.17, 15) is 0 Å². The van der Waals surface area contributed by atoms with E-state index in [-0.39, 0.29) is 0 Å². The van der Waals surface area contributed by atoms with E-state index in [1.54, 1.807) is 0 Å². The highest BCUT2D eigenvalue weighted by atomic mass is 15.2. The predicted molar refractivity (Wildman–Crippen MR) is 83.6 cm³/mol. The van der Waals surface area contributed by atoms with Gasteiger partial charge < -0.3 is 10.2 Å². The number of likely N-dealkylation sites (tertiary alicyclic amines) is 1. The first kappa shape index (κ1) is 15.4. The number of hydrogen-bond donors (Lipinski definition) is 1. The minimum absolute atomic E-state index is 0.500. The summed E-state index contributed by atoms with van der Waals surface area (Å²) >= 11 is 0. The van der Waals surface area contributed by atoms with Crippen molar-refractivity contribution in [2.75, 3.05) is 27.2 Å². The second kappa shape index (κ2) is 7.16. The van der Waals surface area contributed by atoms with Gasteiger partial charge in [0, 0.05) is 38.3 Å². The van der Waals surface area contributed by atoms with Crippen molar-refractivity contribution in [2.24, 2.45) is 0 Å². The van der Waals surface area contributed by atoms with Gasteiger partial charge in [-0.25, -0.2) is 0 Å². The van der Waals surface area contributed by atoms with Crippen LogP contribution in [0.1, 0.15) is 31.7 Å². The van der Waals surface area contributed by atoms with Crippen LogP contribution >= 0.6 is 0 Å². The lowest BCUT2D eigenvalue weighted by Gasteiger charge is -2.20. The Morgan fingerprint density at radius 1 is 1.35 bits per heavy atom. The van der Waals surface area contributed by atoms with Crippen molar-refractivity contribution in [1.29, 1.82) is 0 Å². The van der Waals surface area contributed by atoms with Gasteiger partial charge in [0.05, 0.1) is 11.4 Å². The highest BCUT2D eigenvalue weighted by Gasteiger charge is 2.23. The van der Waals surface area contributed by atoms with E-state index in [0.717, 1.165) is 25.3 Å². The molecule has 1 N–H and O–H groups in total. The third kappa shape index (κ3) is 4.54. The van der Waals surface area contributed by atoms with Gasteiger partial charge in [-0.3, -0.25) is 9.88 Å². The van der Waals surface area contributed by atoms with E-state index in [1.165, 1.54) is 18.7 Å². The molecule has 0 aliphatic carbocycles. The van der Waals surface area contributed by atoms with E-state index in [4.69, 9.17) is 4.98 Å². The van der Waals surface area contributed by atoms with Crippen LogP contribution in [0, 0.1) is 0 Å². The lowest BCUT2D eigenvalue weighted by Crippen LogP contribution is -2.31. The third-order valence-corrected chi connectivity index (χ3v) is 3.92. The molecule has 4 nitrogen and oxygen atoms in total. The summed E-state index contributed by atoms with van der Waals surface area (Å²) in [4.78, 5) is 9.60. The zero-order valence-electron chi connectivity index (χ0n) is 13.3. The van der Waals surface area contributed by atoms with E-state index in [2.05, 4.69) is 61.3 Å². The van der Waals surface area contributed by atoms with Crippen molar-refractivity contribution in [3.63, 3.8) is 0 Å². The van der Waals surface area contributed by atoms with Gasteiger partial charge >= 0.3 is 0 Å². The minimum atomic E-state index is 0.500. The molecule has 1 aromatic heterocycles. The zero-order valence-corrected chi connectivity index (χ0v) is 13.3. The molecule has 1 atom stereocenters. The Kier molecular flexibility index (Phi) is 5.52. The average molecular weight is 276 g/mol. The molecule has 1 fully saturated rings. The summed E-state index contributed by atoms with van der Waals surface area (Å²) < 4.78 is 0. The van der Waals surface area contributed by atoms with Gasteiger partial charge in [-0.05, 0) is 32.6 Å². The molecule has 1 saturated heterocycles. The first-order valence-corrected chi connectivity index (χ1v) is 7.61. The molecule has 0 aromatic carbocycles. The lowest BCUT2D eigenvalue weighted by molar-refractivity contribution is 0.263. The Morgan fingerprint density at radius 2 is 2.10 bits per heavy atom. The van der Waals surface area contributed by atoms with Gasteiger partial charge in [-0.1, -0.05) is 19.9 Å². The second-order valence-electron chi connectivity index (χ2n) is 6.30. The molecule has 0 bridgehead atoms. The van der Waals surface area contributed by atoms with Crippen LogP contribution in [-0.4, -0.2) is 54.1 Å². The van der Waals surface area contributed by atoms with Crippen LogP contribution in [-0.2, 0) is 13.1 Å². The molecule has 1 aliphatic rings. The van der Waals surface area contributed by atoms with Crippen LogP contribution in [0.3, 0.4) is 0 Å². The standard InChI is InChI=1S/C16H28N4/c1-13(2)17-10-14-6-5-7-15(18-14)11-20-9-8-16(12-20)19(3)4/h5-7,13,16-17H,8-12H2,1-4H3. The number of aromatic nitrogens is 1. The van der Waals surface area contributed by atoms with E-state index in [0.29, 0.717) is 12.1 Å². The highest BCUT2D eigenvalue weighted by Crippen LogP contribution is 2.15. The number of likely N-dealkylation sites (N-methyl/N-ethyl adjacent to an activating group) is 1. The number of nitrogens with one attached hydrogen (secondary N) is 1. The van der Waals surface area contributed by atoms with Crippen LogP contribution in [0.4, 0.5) is 0 Å². The predicted octanol–water partition coefficient (Wildman–Crippen LogP) is 1.72. The first-order valence-electron chi connectivity index (χ1n) is 7.61. The molecule has 2 rings (SSSR count). The van der Waals surface area contributed by atoms with Crippen LogP contribution in [0.2, 0.25) is 0 Å². The maximum atomic E-state index is 4.76. The quantitative estimate of drug-likeness (QED) is 0.857. The molecule has 1 aromatic rings. The smallest absolute Gasteiger partial charge is 0.0547 e. The van der Waals surface area contributed by atoms with Crippen molar-refractivity contribution in [2.45, 2.75) is 45.4 Å². The Hall–Kier alpha value is -0.970. The maximum Gasteiger partial charge on any atom is 0.0547 e. The first-order chi connectivity index (χ1) is 9.54. The Morgan fingerprint density at radius 3 is 2.75 bits per heavy atom. The molecule has 1 unspecified atom stereocenters. The van der Waals surface area contributed by atoms with E-state index < -0.39 is 0 Å². The molecule has 0 radical (unpaired) electrons.